The van der Waals surface area contributed by atoms with Gasteiger partial charge in [0, 0.05) is 12.0 Å². The summed E-state index contributed by atoms with van der Waals surface area (Å²) >= 11 is 0. The number of amides is 1. The van der Waals surface area contributed by atoms with E-state index in [9.17, 15) is 4.79 Å². The maximum atomic E-state index is 12.9. The smallest absolute Gasteiger partial charge is 0.264 e. The van der Waals surface area contributed by atoms with Crippen molar-refractivity contribution in [3.63, 3.8) is 0 Å². The molecule has 4 aliphatic carbocycles. The molecule has 140 valence electrons. The van der Waals surface area contributed by atoms with Crippen molar-refractivity contribution in [2.24, 2.45) is 22.9 Å². The Kier molecular flexibility index (Phi) is 3.46. The molecule has 6 rings (SSSR count). The number of oxime groups is 1. The average Bonchev–Trinajstić information content (AvgIpc) is 3.26. The van der Waals surface area contributed by atoms with Gasteiger partial charge >= 0.3 is 0 Å². The number of nitrogens with zero attached hydrogens (tertiary/aromatic N) is 4. The van der Waals surface area contributed by atoms with Gasteiger partial charge in [0.15, 0.2) is 0 Å². The van der Waals surface area contributed by atoms with E-state index in [-0.39, 0.29) is 17.0 Å². The van der Waals surface area contributed by atoms with Crippen molar-refractivity contribution < 1.29 is 9.63 Å². The topological polar surface area (TPSA) is 81.4 Å². The quantitative estimate of drug-likeness (QED) is 0.896. The van der Waals surface area contributed by atoms with Gasteiger partial charge in [-0.15, -0.1) is 0 Å². The van der Waals surface area contributed by atoms with Crippen LogP contribution in [0.25, 0.3) is 0 Å². The zero-order valence-electron chi connectivity index (χ0n) is 15.5. The van der Waals surface area contributed by atoms with Crippen LogP contribution in [0.3, 0.4) is 0 Å². The van der Waals surface area contributed by atoms with Gasteiger partial charge in [0.25, 0.3) is 5.91 Å². The van der Waals surface area contributed by atoms with E-state index in [1.165, 1.54) is 6.42 Å². The van der Waals surface area contributed by atoms with Crippen molar-refractivity contribution in [3.8, 4) is 0 Å². The molecule has 1 amide bonds. The molecule has 26 heavy (non-hydrogen) atoms. The highest BCUT2D eigenvalue weighted by atomic mass is 16.6. The molecule has 2 heterocycles. The third-order valence-corrected chi connectivity index (χ3v) is 6.97. The minimum atomic E-state index is -0.470. The molecule has 0 spiro atoms. The second-order valence-electron chi connectivity index (χ2n) is 9.33. The van der Waals surface area contributed by atoms with E-state index in [4.69, 9.17) is 4.84 Å². The van der Waals surface area contributed by atoms with E-state index in [0.717, 1.165) is 37.8 Å². The minimum absolute atomic E-state index is 0.0000836. The van der Waals surface area contributed by atoms with Crippen molar-refractivity contribution in [2.45, 2.75) is 76.0 Å². The van der Waals surface area contributed by atoms with Gasteiger partial charge in [-0.05, 0) is 56.3 Å². The van der Waals surface area contributed by atoms with Gasteiger partial charge in [-0.3, -0.25) is 4.79 Å². The van der Waals surface area contributed by atoms with Crippen molar-refractivity contribution in [2.75, 3.05) is 0 Å². The lowest BCUT2D eigenvalue weighted by Gasteiger charge is -2.61. The van der Waals surface area contributed by atoms with E-state index in [1.54, 1.807) is 6.33 Å². The predicted molar refractivity (Wildman–Crippen MR) is 95.3 cm³/mol. The number of carbonyl (C=O) groups is 1. The fourth-order valence-electron chi connectivity index (χ4n) is 6.30. The summed E-state index contributed by atoms with van der Waals surface area (Å²) in [6, 6.07) is 0. The standard InChI is InChI=1S/C19H27N5O2/c1-12(2)15-4-16(26-23-15)17(25)22-18-5-13-3-14(6-18)8-19(7-13,9-18)24-11-20-10-21-24/h10-14,16H,3-9H2,1-2H3,(H,22,25). The Balaban J connectivity index is 1.35. The second kappa shape index (κ2) is 5.54. The largest absolute Gasteiger partial charge is 0.382 e. The highest BCUT2D eigenvalue weighted by Gasteiger charge is 2.59. The van der Waals surface area contributed by atoms with Crippen LogP contribution in [0.5, 0.6) is 0 Å². The van der Waals surface area contributed by atoms with Gasteiger partial charge in [0.05, 0.1) is 11.3 Å². The van der Waals surface area contributed by atoms with Crippen LogP contribution in [-0.2, 0) is 15.2 Å². The molecule has 7 heteroatoms. The lowest BCUT2D eigenvalue weighted by Crippen LogP contribution is -2.66. The van der Waals surface area contributed by atoms with Crippen LogP contribution >= 0.6 is 0 Å². The molecule has 4 saturated carbocycles. The lowest BCUT2D eigenvalue weighted by molar-refractivity contribution is -0.140. The Morgan fingerprint density at radius 2 is 2.08 bits per heavy atom. The third kappa shape index (κ3) is 2.47. The molecule has 5 aliphatic rings. The number of hydrogen-bond acceptors (Lipinski definition) is 5. The Labute approximate surface area is 153 Å². The van der Waals surface area contributed by atoms with Crippen LogP contribution in [0.2, 0.25) is 0 Å². The van der Waals surface area contributed by atoms with Gasteiger partial charge in [0.2, 0.25) is 6.10 Å². The minimum Gasteiger partial charge on any atom is -0.382 e. The zero-order valence-corrected chi connectivity index (χ0v) is 15.5. The molecule has 3 atom stereocenters. The van der Waals surface area contributed by atoms with Crippen molar-refractivity contribution in [3.05, 3.63) is 12.7 Å². The summed E-state index contributed by atoms with van der Waals surface area (Å²) in [5, 5.41) is 12.0. The van der Waals surface area contributed by atoms with Crippen molar-refractivity contribution in [1.82, 2.24) is 20.1 Å². The third-order valence-electron chi connectivity index (χ3n) is 6.97. The van der Waals surface area contributed by atoms with Gasteiger partial charge in [0.1, 0.15) is 12.7 Å². The first kappa shape index (κ1) is 16.3. The first-order valence-electron chi connectivity index (χ1n) is 9.87. The van der Waals surface area contributed by atoms with Crippen molar-refractivity contribution >= 4 is 11.6 Å². The Hall–Kier alpha value is -1.92. The fourth-order valence-corrected chi connectivity index (χ4v) is 6.30. The Morgan fingerprint density at radius 3 is 2.69 bits per heavy atom. The van der Waals surface area contributed by atoms with Crippen molar-refractivity contribution in [1.29, 1.82) is 0 Å². The maximum absolute atomic E-state index is 12.9. The van der Waals surface area contributed by atoms with Gasteiger partial charge in [-0.1, -0.05) is 19.0 Å². The molecule has 1 aliphatic heterocycles. The van der Waals surface area contributed by atoms with Gasteiger partial charge in [-0.2, -0.15) is 5.10 Å². The first-order chi connectivity index (χ1) is 12.5. The summed E-state index contributed by atoms with van der Waals surface area (Å²) in [4.78, 5) is 22.6. The molecular formula is C19H27N5O2. The Bertz CT molecular complexity index is 727. The summed E-state index contributed by atoms with van der Waals surface area (Å²) in [6.07, 6.45) is 10.3. The van der Waals surface area contributed by atoms with Crippen LogP contribution in [0.4, 0.5) is 0 Å². The van der Waals surface area contributed by atoms with Crippen LogP contribution < -0.4 is 5.32 Å². The highest BCUT2D eigenvalue weighted by molar-refractivity contribution is 5.94. The number of aromatic nitrogens is 3. The normalized spacial score (nSPS) is 40.6. The molecular weight excluding hydrogens is 330 g/mol. The second-order valence-corrected chi connectivity index (χ2v) is 9.33. The Morgan fingerprint density at radius 1 is 1.31 bits per heavy atom. The van der Waals surface area contributed by atoms with E-state index in [1.807, 2.05) is 6.33 Å². The molecule has 3 unspecified atom stereocenters. The molecule has 0 aromatic carbocycles. The van der Waals surface area contributed by atoms with Gasteiger partial charge in [-0.25, -0.2) is 9.67 Å². The number of carbonyl (C=O) groups excluding carboxylic acids is 1. The van der Waals surface area contributed by atoms with E-state index >= 15 is 0 Å². The van der Waals surface area contributed by atoms with Crippen LogP contribution in [0, 0.1) is 17.8 Å². The predicted octanol–water partition coefficient (Wildman–Crippen LogP) is 2.24. The maximum Gasteiger partial charge on any atom is 0.264 e. The van der Waals surface area contributed by atoms with Crippen LogP contribution in [-0.4, -0.2) is 38.0 Å². The van der Waals surface area contributed by atoms with Gasteiger partial charge < -0.3 is 10.2 Å². The van der Waals surface area contributed by atoms with E-state index in [2.05, 4.69) is 39.1 Å². The molecule has 0 saturated heterocycles. The SMILES string of the molecule is CC(C)C1=NOC(C(=O)NC23CC4CC(C2)CC(n2cncn2)(C4)C3)C1. The number of rotatable bonds is 4. The summed E-state index contributed by atoms with van der Waals surface area (Å²) < 4.78 is 2.07. The fraction of sp³-hybridized carbons (Fsp3) is 0.789. The molecule has 7 nitrogen and oxygen atoms in total. The van der Waals surface area contributed by atoms with E-state index in [0.29, 0.717) is 24.2 Å². The highest BCUT2D eigenvalue weighted by Crippen LogP contribution is 2.60. The summed E-state index contributed by atoms with van der Waals surface area (Å²) in [5.74, 6) is 1.64. The van der Waals surface area contributed by atoms with Crippen LogP contribution in [0.1, 0.15) is 58.8 Å². The number of hydrogen-bond donors (Lipinski definition) is 1. The molecule has 1 N–H and O–H groups in total. The van der Waals surface area contributed by atoms with E-state index < -0.39 is 6.10 Å². The lowest BCUT2D eigenvalue weighted by atomic mass is 9.50. The monoisotopic (exact) mass is 357 g/mol. The first-order valence-corrected chi connectivity index (χ1v) is 9.87. The molecule has 0 radical (unpaired) electrons. The molecule has 4 bridgehead atoms. The molecule has 1 aromatic rings. The summed E-state index contributed by atoms with van der Waals surface area (Å²) in [5.41, 5.74) is 0.871. The summed E-state index contributed by atoms with van der Waals surface area (Å²) in [6.45, 7) is 4.17. The number of nitrogens with one attached hydrogen (secondary N) is 1. The molecule has 4 fully saturated rings. The zero-order chi connectivity index (χ0) is 17.9. The van der Waals surface area contributed by atoms with Crippen LogP contribution in [0.15, 0.2) is 17.8 Å². The average molecular weight is 357 g/mol. The summed E-state index contributed by atoms with van der Waals surface area (Å²) in [7, 11) is 0. The molecule has 1 aromatic heterocycles.